The third-order valence-electron chi connectivity index (χ3n) is 3.40. The van der Waals surface area contributed by atoms with E-state index in [1.54, 1.807) is 0 Å². The number of alkyl halides is 3. The molecule has 1 unspecified atom stereocenters. The Hall–Kier alpha value is -0.970. The van der Waals surface area contributed by atoms with Crippen LogP contribution in [0.25, 0.3) is 0 Å². The highest BCUT2D eigenvalue weighted by Crippen LogP contribution is 2.51. The Kier molecular flexibility index (Phi) is 3.21. The van der Waals surface area contributed by atoms with Crippen molar-refractivity contribution in [3.05, 3.63) is 22.8 Å². The van der Waals surface area contributed by atoms with Crippen LogP contribution in [-0.4, -0.2) is 11.5 Å². The van der Waals surface area contributed by atoms with Crippen molar-refractivity contribution in [2.45, 2.75) is 26.4 Å². The molecular formula is C12H14ClF3N2. The molecule has 1 aromatic heterocycles. The zero-order valence-corrected chi connectivity index (χ0v) is 10.9. The van der Waals surface area contributed by atoms with Gasteiger partial charge < -0.3 is 5.32 Å². The Balaban J connectivity index is 2.02. The zero-order chi connectivity index (χ0) is 13.6. The lowest BCUT2D eigenvalue weighted by molar-refractivity contribution is -0.137. The number of nitrogens with zero attached hydrogens (tertiary/aromatic N) is 1. The molecule has 2 nitrogen and oxygen atoms in total. The number of halogens is 4. The first-order valence-corrected chi connectivity index (χ1v) is 6.04. The van der Waals surface area contributed by atoms with Crippen molar-refractivity contribution in [2.75, 3.05) is 11.9 Å². The summed E-state index contributed by atoms with van der Waals surface area (Å²) in [5, 5.41) is 3.00. The third-order valence-corrected chi connectivity index (χ3v) is 3.69. The van der Waals surface area contributed by atoms with Gasteiger partial charge in [0.05, 0.1) is 10.6 Å². The van der Waals surface area contributed by atoms with Gasteiger partial charge in [0.25, 0.3) is 0 Å². The van der Waals surface area contributed by atoms with Crippen LogP contribution in [0.1, 0.15) is 25.8 Å². The standard InChI is InChI=1S/C12H14ClF3N2/c1-11(2)4-8(11)6-18-10-9(13)3-7(5-17-10)12(14,15)16/h3,5,8H,4,6H2,1-2H3,(H,17,18). The van der Waals surface area contributed by atoms with E-state index in [2.05, 4.69) is 24.1 Å². The first-order chi connectivity index (χ1) is 8.20. The molecule has 1 saturated carbocycles. The minimum atomic E-state index is -4.41. The van der Waals surface area contributed by atoms with Crippen molar-refractivity contribution in [1.29, 1.82) is 0 Å². The molecule has 0 aromatic carbocycles. The van der Waals surface area contributed by atoms with Crippen LogP contribution < -0.4 is 5.32 Å². The van der Waals surface area contributed by atoms with Crippen molar-refractivity contribution < 1.29 is 13.2 Å². The van der Waals surface area contributed by atoms with E-state index in [4.69, 9.17) is 11.6 Å². The predicted octanol–water partition coefficient (Wildman–Crippen LogP) is 4.21. The lowest BCUT2D eigenvalue weighted by Crippen LogP contribution is -2.11. The van der Waals surface area contributed by atoms with E-state index in [1.807, 2.05) is 0 Å². The summed E-state index contributed by atoms with van der Waals surface area (Å²) in [6.45, 7) is 4.99. The van der Waals surface area contributed by atoms with Gasteiger partial charge in [-0.2, -0.15) is 13.2 Å². The largest absolute Gasteiger partial charge is 0.417 e. The maximum absolute atomic E-state index is 12.4. The van der Waals surface area contributed by atoms with Crippen molar-refractivity contribution in [3.8, 4) is 0 Å². The molecule has 100 valence electrons. The Morgan fingerprint density at radius 1 is 1.50 bits per heavy atom. The van der Waals surface area contributed by atoms with Crippen molar-refractivity contribution in [2.24, 2.45) is 11.3 Å². The molecular weight excluding hydrogens is 265 g/mol. The second-order valence-corrected chi connectivity index (χ2v) is 5.73. The number of aromatic nitrogens is 1. The van der Waals surface area contributed by atoms with Crippen molar-refractivity contribution in [1.82, 2.24) is 4.98 Å². The van der Waals surface area contributed by atoms with E-state index in [0.717, 1.165) is 18.7 Å². The normalized spacial score (nSPS) is 21.8. The first-order valence-electron chi connectivity index (χ1n) is 5.67. The number of hydrogen-bond donors (Lipinski definition) is 1. The highest BCUT2D eigenvalue weighted by atomic mass is 35.5. The fourth-order valence-corrected chi connectivity index (χ4v) is 2.10. The molecule has 1 heterocycles. The van der Waals surface area contributed by atoms with Gasteiger partial charge in [-0.1, -0.05) is 25.4 Å². The maximum atomic E-state index is 12.4. The molecule has 1 atom stereocenters. The second kappa shape index (κ2) is 4.30. The van der Waals surface area contributed by atoms with Gasteiger partial charge in [-0.25, -0.2) is 4.98 Å². The summed E-state index contributed by atoms with van der Waals surface area (Å²) in [7, 11) is 0. The van der Waals surface area contributed by atoms with Crippen LogP contribution in [-0.2, 0) is 6.18 Å². The van der Waals surface area contributed by atoms with Gasteiger partial charge in [0, 0.05) is 12.7 Å². The van der Waals surface area contributed by atoms with Gasteiger partial charge in [0.1, 0.15) is 5.82 Å². The Labute approximate surface area is 109 Å². The summed E-state index contributed by atoms with van der Waals surface area (Å²) in [5.74, 6) is 0.838. The van der Waals surface area contributed by atoms with E-state index in [1.165, 1.54) is 0 Å². The molecule has 2 rings (SSSR count). The molecule has 1 aliphatic carbocycles. The van der Waals surface area contributed by atoms with Crippen LogP contribution in [0, 0.1) is 11.3 Å². The lowest BCUT2D eigenvalue weighted by atomic mass is 10.1. The minimum absolute atomic E-state index is 0.00304. The fraction of sp³-hybridized carbons (Fsp3) is 0.583. The summed E-state index contributed by atoms with van der Waals surface area (Å²) in [6, 6.07) is 0.898. The van der Waals surface area contributed by atoms with Gasteiger partial charge in [0.2, 0.25) is 0 Å². The Morgan fingerprint density at radius 3 is 2.56 bits per heavy atom. The molecule has 0 amide bonds. The number of pyridine rings is 1. The van der Waals surface area contributed by atoms with E-state index in [0.29, 0.717) is 23.7 Å². The molecule has 0 spiro atoms. The van der Waals surface area contributed by atoms with Crippen LogP contribution in [0.3, 0.4) is 0 Å². The Bertz CT molecular complexity index is 457. The fourth-order valence-electron chi connectivity index (χ4n) is 1.87. The summed E-state index contributed by atoms with van der Waals surface area (Å²) >= 11 is 5.79. The second-order valence-electron chi connectivity index (χ2n) is 5.32. The SMILES string of the molecule is CC1(C)CC1CNc1ncc(C(F)(F)F)cc1Cl. The number of rotatable bonds is 3. The van der Waals surface area contributed by atoms with Crippen LogP contribution in [0.5, 0.6) is 0 Å². The molecule has 0 saturated heterocycles. The van der Waals surface area contributed by atoms with Gasteiger partial charge in [0.15, 0.2) is 0 Å². The molecule has 0 radical (unpaired) electrons. The first kappa shape index (κ1) is 13.5. The van der Waals surface area contributed by atoms with Crippen molar-refractivity contribution in [3.63, 3.8) is 0 Å². The van der Waals surface area contributed by atoms with Gasteiger partial charge in [-0.15, -0.1) is 0 Å². The molecule has 1 fully saturated rings. The summed E-state index contributed by atoms with van der Waals surface area (Å²) in [6.07, 6.45) is -2.50. The average molecular weight is 279 g/mol. The minimum Gasteiger partial charge on any atom is -0.369 e. The number of hydrogen-bond acceptors (Lipinski definition) is 2. The third kappa shape index (κ3) is 2.88. The van der Waals surface area contributed by atoms with Gasteiger partial charge in [-0.05, 0) is 23.8 Å². The molecule has 6 heteroatoms. The summed E-state index contributed by atoms with van der Waals surface area (Å²) in [4.78, 5) is 3.73. The molecule has 18 heavy (non-hydrogen) atoms. The average Bonchev–Trinajstić information content (AvgIpc) is 2.83. The number of nitrogens with one attached hydrogen (secondary N) is 1. The number of anilines is 1. The van der Waals surface area contributed by atoms with Crippen LogP contribution in [0.2, 0.25) is 5.02 Å². The van der Waals surface area contributed by atoms with Crippen LogP contribution in [0.4, 0.5) is 19.0 Å². The summed E-state index contributed by atoms with van der Waals surface area (Å²) in [5.41, 5.74) is -0.518. The molecule has 0 aliphatic heterocycles. The molecule has 1 aliphatic rings. The van der Waals surface area contributed by atoms with E-state index >= 15 is 0 Å². The monoisotopic (exact) mass is 278 g/mol. The quantitative estimate of drug-likeness (QED) is 0.896. The Morgan fingerprint density at radius 2 is 2.11 bits per heavy atom. The smallest absolute Gasteiger partial charge is 0.369 e. The molecule has 1 N–H and O–H groups in total. The van der Waals surface area contributed by atoms with Gasteiger partial charge in [-0.3, -0.25) is 0 Å². The highest BCUT2D eigenvalue weighted by Gasteiger charge is 2.45. The van der Waals surface area contributed by atoms with Crippen LogP contribution in [0.15, 0.2) is 12.3 Å². The topological polar surface area (TPSA) is 24.9 Å². The maximum Gasteiger partial charge on any atom is 0.417 e. The predicted molar refractivity (Wildman–Crippen MR) is 64.6 cm³/mol. The van der Waals surface area contributed by atoms with Crippen LogP contribution >= 0.6 is 11.6 Å². The lowest BCUT2D eigenvalue weighted by Gasteiger charge is -2.11. The molecule has 0 bridgehead atoms. The zero-order valence-electron chi connectivity index (χ0n) is 10.1. The van der Waals surface area contributed by atoms with E-state index in [-0.39, 0.29) is 5.02 Å². The van der Waals surface area contributed by atoms with E-state index in [9.17, 15) is 13.2 Å². The van der Waals surface area contributed by atoms with E-state index < -0.39 is 11.7 Å². The van der Waals surface area contributed by atoms with Gasteiger partial charge >= 0.3 is 6.18 Å². The molecule has 1 aromatic rings. The summed E-state index contributed by atoms with van der Waals surface area (Å²) < 4.78 is 37.2. The van der Waals surface area contributed by atoms with Crippen molar-refractivity contribution >= 4 is 17.4 Å². The highest BCUT2D eigenvalue weighted by molar-refractivity contribution is 6.32.